The lowest BCUT2D eigenvalue weighted by atomic mass is 10.2. The van der Waals surface area contributed by atoms with E-state index in [2.05, 4.69) is 10.6 Å². The van der Waals surface area contributed by atoms with E-state index in [4.69, 9.17) is 16.7 Å². The number of benzene rings is 1. The first-order valence-corrected chi connectivity index (χ1v) is 7.34. The second-order valence-electron chi connectivity index (χ2n) is 3.72. The molecule has 0 aromatic heterocycles. The largest absolute Gasteiger partial charge is 0.478 e. The normalized spacial score (nSPS) is 10.2. The summed E-state index contributed by atoms with van der Waals surface area (Å²) >= 11 is 7.58. The van der Waals surface area contributed by atoms with Crippen molar-refractivity contribution in [3.63, 3.8) is 0 Å². The van der Waals surface area contributed by atoms with Crippen molar-refractivity contribution in [1.29, 1.82) is 0 Å². The van der Waals surface area contributed by atoms with E-state index < -0.39 is 5.97 Å². The van der Waals surface area contributed by atoms with Crippen molar-refractivity contribution in [1.82, 2.24) is 5.32 Å². The number of anilines is 1. The number of hydrogen-bond donors (Lipinski definition) is 3. The van der Waals surface area contributed by atoms with Gasteiger partial charge in [0.1, 0.15) is 0 Å². The average molecular weight is 303 g/mol. The van der Waals surface area contributed by atoms with Crippen LogP contribution in [0, 0.1) is 0 Å². The number of nitrogens with one attached hydrogen (secondary N) is 2. The molecule has 1 rings (SSSR count). The zero-order chi connectivity index (χ0) is 14.3. The highest BCUT2D eigenvalue weighted by Gasteiger charge is 2.09. The molecule has 19 heavy (non-hydrogen) atoms. The van der Waals surface area contributed by atoms with Crippen LogP contribution in [0.5, 0.6) is 0 Å². The summed E-state index contributed by atoms with van der Waals surface area (Å²) in [5.41, 5.74) is 0.383. The summed E-state index contributed by atoms with van der Waals surface area (Å²) in [4.78, 5) is 22.4. The van der Waals surface area contributed by atoms with Crippen molar-refractivity contribution < 1.29 is 14.7 Å². The molecule has 3 N–H and O–H groups in total. The Balaban J connectivity index is 2.58. The van der Waals surface area contributed by atoms with E-state index in [-0.39, 0.29) is 18.0 Å². The van der Waals surface area contributed by atoms with Gasteiger partial charge in [-0.25, -0.2) is 4.79 Å². The van der Waals surface area contributed by atoms with Gasteiger partial charge in [-0.2, -0.15) is 11.8 Å². The summed E-state index contributed by atoms with van der Waals surface area (Å²) in [5.74, 6) is -0.404. The summed E-state index contributed by atoms with van der Waals surface area (Å²) in [7, 11) is 0. The fourth-order valence-electron chi connectivity index (χ4n) is 1.32. The predicted molar refractivity (Wildman–Crippen MR) is 78.3 cm³/mol. The van der Waals surface area contributed by atoms with Crippen LogP contribution in [-0.2, 0) is 4.79 Å². The Morgan fingerprint density at radius 2 is 2.16 bits per heavy atom. The maximum absolute atomic E-state index is 11.6. The third-order valence-corrected chi connectivity index (χ3v) is 3.20. The van der Waals surface area contributed by atoms with Gasteiger partial charge in [-0.1, -0.05) is 11.6 Å². The molecule has 1 amide bonds. The highest BCUT2D eigenvalue weighted by atomic mass is 35.5. The topological polar surface area (TPSA) is 78.4 Å². The van der Waals surface area contributed by atoms with Gasteiger partial charge in [0.05, 0.1) is 22.8 Å². The van der Waals surface area contributed by atoms with Gasteiger partial charge in [0.2, 0.25) is 5.91 Å². The Labute approximate surface area is 120 Å². The van der Waals surface area contributed by atoms with Crippen LogP contribution in [-0.4, -0.2) is 42.1 Å². The molecule has 0 fully saturated rings. The summed E-state index contributed by atoms with van der Waals surface area (Å²) in [6.07, 6.45) is 1.99. The van der Waals surface area contributed by atoms with Crippen LogP contribution in [0.2, 0.25) is 5.02 Å². The van der Waals surface area contributed by atoms with Crippen molar-refractivity contribution in [3.05, 3.63) is 28.8 Å². The Bertz CT molecular complexity index is 468. The molecule has 7 heteroatoms. The van der Waals surface area contributed by atoms with Crippen molar-refractivity contribution in [2.75, 3.05) is 30.4 Å². The van der Waals surface area contributed by atoms with Gasteiger partial charge in [0, 0.05) is 12.3 Å². The van der Waals surface area contributed by atoms with Gasteiger partial charge in [-0.15, -0.1) is 0 Å². The molecular weight excluding hydrogens is 288 g/mol. The predicted octanol–water partition coefficient (Wildman–Crippen LogP) is 1.93. The average Bonchev–Trinajstić information content (AvgIpc) is 2.37. The van der Waals surface area contributed by atoms with Crippen LogP contribution in [0.4, 0.5) is 5.69 Å². The van der Waals surface area contributed by atoms with Crippen LogP contribution < -0.4 is 10.6 Å². The van der Waals surface area contributed by atoms with E-state index >= 15 is 0 Å². The quantitative estimate of drug-likeness (QED) is 0.671. The minimum absolute atomic E-state index is 0.0787. The first-order chi connectivity index (χ1) is 9.04. The third kappa shape index (κ3) is 5.50. The van der Waals surface area contributed by atoms with E-state index in [1.54, 1.807) is 11.8 Å². The number of rotatable bonds is 7. The van der Waals surface area contributed by atoms with Crippen molar-refractivity contribution in [3.8, 4) is 0 Å². The van der Waals surface area contributed by atoms with E-state index in [1.807, 2.05) is 6.26 Å². The van der Waals surface area contributed by atoms with Gasteiger partial charge in [0.25, 0.3) is 0 Å². The molecule has 0 bridgehead atoms. The van der Waals surface area contributed by atoms with E-state index in [0.29, 0.717) is 10.7 Å². The molecule has 0 saturated carbocycles. The maximum Gasteiger partial charge on any atom is 0.335 e. The van der Waals surface area contributed by atoms with Gasteiger partial charge in [-0.05, 0) is 24.5 Å². The van der Waals surface area contributed by atoms with Gasteiger partial charge < -0.3 is 15.7 Å². The number of carboxylic acid groups (broad SMARTS) is 1. The summed E-state index contributed by atoms with van der Waals surface area (Å²) in [6.45, 7) is 0.895. The molecule has 0 heterocycles. The van der Waals surface area contributed by atoms with Crippen molar-refractivity contribution in [2.45, 2.75) is 0 Å². The third-order valence-electron chi connectivity index (χ3n) is 2.26. The van der Waals surface area contributed by atoms with Gasteiger partial charge in [0.15, 0.2) is 0 Å². The SMILES string of the molecule is CSCCNCC(=O)Nc1cc(C(=O)O)ccc1Cl. The Hall–Kier alpha value is -1.24. The zero-order valence-electron chi connectivity index (χ0n) is 10.4. The van der Waals surface area contributed by atoms with Crippen LogP contribution in [0.1, 0.15) is 10.4 Å². The van der Waals surface area contributed by atoms with E-state index in [0.717, 1.165) is 12.3 Å². The molecule has 0 atom stereocenters. The molecule has 0 unspecified atom stereocenters. The number of hydrogen-bond acceptors (Lipinski definition) is 4. The first kappa shape index (κ1) is 15.8. The van der Waals surface area contributed by atoms with Crippen LogP contribution >= 0.6 is 23.4 Å². The number of halogens is 1. The summed E-state index contributed by atoms with van der Waals surface area (Å²) in [5, 5.41) is 14.7. The van der Waals surface area contributed by atoms with Crippen molar-refractivity contribution >= 4 is 40.9 Å². The minimum Gasteiger partial charge on any atom is -0.478 e. The lowest BCUT2D eigenvalue weighted by Gasteiger charge is -2.08. The zero-order valence-corrected chi connectivity index (χ0v) is 12.0. The molecular formula is C12H15ClN2O3S. The fourth-order valence-corrected chi connectivity index (χ4v) is 1.84. The molecule has 1 aromatic carbocycles. The number of aromatic carboxylic acids is 1. The van der Waals surface area contributed by atoms with Crippen LogP contribution in [0.25, 0.3) is 0 Å². The standard InChI is InChI=1S/C12H15ClN2O3S/c1-19-5-4-14-7-11(16)15-10-6-8(12(17)18)2-3-9(10)13/h2-3,6,14H,4-5,7H2,1H3,(H,15,16)(H,17,18). The lowest BCUT2D eigenvalue weighted by molar-refractivity contribution is -0.115. The second-order valence-corrected chi connectivity index (χ2v) is 5.11. The Morgan fingerprint density at radius 1 is 1.42 bits per heavy atom. The highest BCUT2D eigenvalue weighted by molar-refractivity contribution is 7.98. The molecule has 0 aliphatic carbocycles. The Kier molecular flexibility index (Phi) is 6.69. The molecule has 0 radical (unpaired) electrons. The van der Waals surface area contributed by atoms with Crippen LogP contribution in [0.3, 0.4) is 0 Å². The molecule has 0 spiro atoms. The minimum atomic E-state index is -1.06. The number of thioether (sulfide) groups is 1. The highest BCUT2D eigenvalue weighted by Crippen LogP contribution is 2.22. The molecule has 1 aromatic rings. The molecule has 0 aliphatic heterocycles. The monoisotopic (exact) mass is 302 g/mol. The maximum atomic E-state index is 11.6. The van der Waals surface area contributed by atoms with Gasteiger partial charge >= 0.3 is 5.97 Å². The number of carbonyl (C=O) groups excluding carboxylic acids is 1. The second kappa shape index (κ2) is 8.04. The smallest absolute Gasteiger partial charge is 0.335 e. The molecule has 5 nitrogen and oxygen atoms in total. The van der Waals surface area contributed by atoms with Crippen LogP contribution in [0.15, 0.2) is 18.2 Å². The fraction of sp³-hybridized carbons (Fsp3) is 0.333. The first-order valence-electron chi connectivity index (χ1n) is 5.57. The Morgan fingerprint density at radius 3 is 2.79 bits per heavy atom. The summed E-state index contributed by atoms with van der Waals surface area (Å²) in [6, 6.07) is 4.17. The van der Waals surface area contributed by atoms with Crippen molar-refractivity contribution in [2.24, 2.45) is 0 Å². The molecule has 0 aliphatic rings. The number of amides is 1. The summed E-state index contributed by atoms with van der Waals surface area (Å²) < 4.78 is 0. The number of carboxylic acids is 1. The van der Waals surface area contributed by atoms with Gasteiger partial charge in [-0.3, -0.25) is 4.79 Å². The van der Waals surface area contributed by atoms with E-state index in [9.17, 15) is 9.59 Å². The molecule has 104 valence electrons. The number of carbonyl (C=O) groups is 2. The lowest BCUT2D eigenvalue weighted by Crippen LogP contribution is -2.29. The molecule has 0 saturated heterocycles. The van der Waals surface area contributed by atoms with E-state index in [1.165, 1.54) is 18.2 Å².